The second kappa shape index (κ2) is 6.41. The molecule has 0 saturated carbocycles. The van der Waals surface area contributed by atoms with E-state index in [0.717, 1.165) is 24.3 Å². The number of rotatable bonds is 3. The highest BCUT2D eigenvalue weighted by Crippen LogP contribution is 2.44. The fourth-order valence-corrected chi connectivity index (χ4v) is 3.81. The van der Waals surface area contributed by atoms with Crippen LogP contribution in [-0.4, -0.2) is 36.2 Å². The van der Waals surface area contributed by atoms with Crippen LogP contribution in [0.2, 0.25) is 10.0 Å². The van der Waals surface area contributed by atoms with E-state index in [0.29, 0.717) is 22.3 Å². The lowest BCUT2D eigenvalue weighted by Crippen LogP contribution is -2.32. The molecule has 4 rings (SSSR count). The van der Waals surface area contributed by atoms with Gasteiger partial charge in [0.15, 0.2) is 0 Å². The summed E-state index contributed by atoms with van der Waals surface area (Å²) in [6.07, 6.45) is 0.676. The van der Waals surface area contributed by atoms with Gasteiger partial charge in [0.05, 0.1) is 17.2 Å². The lowest BCUT2D eigenvalue weighted by atomic mass is 10.1. The molecule has 0 spiro atoms. The van der Waals surface area contributed by atoms with Gasteiger partial charge in [0, 0.05) is 24.3 Å². The van der Waals surface area contributed by atoms with E-state index in [2.05, 4.69) is 5.01 Å². The molecule has 2 saturated heterocycles. The minimum atomic E-state index is -0.275. The van der Waals surface area contributed by atoms with Crippen molar-refractivity contribution in [1.82, 2.24) is 10.0 Å². The maximum Gasteiger partial charge on any atom is 0.340 e. The Morgan fingerprint density at radius 2 is 1.88 bits per heavy atom. The molecule has 5 nitrogen and oxygen atoms in total. The van der Waals surface area contributed by atoms with Gasteiger partial charge in [0.2, 0.25) is 0 Å². The fourth-order valence-electron chi connectivity index (χ4n) is 3.52. The maximum atomic E-state index is 13.1. The first kappa shape index (κ1) is 16.5. The van der Waals surface area contributed by atoms with Gasteiger partial charge in [-0.25, -0.2) is 4.79 Å². The second-order valence-electron chi connectivity index (χ2n) is 6.01. The van der Waals surface area contributed by atoms with Crippen molar-refractivity contribution in [3.05, 3.63) is 58.1 Å². The first-order valence-corrected chi connectivity index (χ1v) is 8.82. The molecule has 0 N–H and O–H groups in total. The Balaban J connectivity index is 1.85. The number of fused-ring (bicyclic) bond motifs is 1. The van der Waals surface area contributed by atoms with Crippen LogP contribution in [-0.2, 0) is 0 Å². The number of hydrogen-bond acceptors (Lipinski definition) is 3. The topological polar surface area (TPSA) is 36.0 Å². The molecule has 0 bridgehead atoms. The molecule has 25 heavy (non-hydrogen) atoms. The number of para-hydroxylation sites is 1. The van der Waals surface area contributed by atoms with Gasteiger partial charge in [-0.05, 0) is 30.7 Å². The molecule has 2 aliphatic rings. The van der Waals surface area contributed by atoms with Crippen molar-refractivity contribution in [2.75, 3.05) is 25.1 Å². The third kappa shape index (κ3) is 2.63. The van der Waals surface area contributed by atoms with E-state index >= 15 is 0 Å². The lowest BCUT2D eigenvalue weighted by molar-refractivity contribution is 0.0718. The van der Waals surface area contributed by atoms with E-state index in [1.165, 1.54) is 0 Å². The summed E-state index contributed by atoms with van der Waals surface area (Å²) < 4.78 is 5.54. The van der Waals surface area contributed by atoms with Gasteiger partial charge >= 0.3 is 6.03 Å². The standard InChI is InChI=1S/C18H17Cl2N3O2/c1-25-16-6-3-2-5-13(16)17-21-9-4-10-22(21)18(24)23(17)12-7-8-14(19)15(20)11-12/h2-3,5-8,11,17H,4,9-10H2,1H3/t17-/m0/s1. The summed E-state index contributed by atoms with van der Waals surface area (Å²) in [5, 5.41) is 4.77. The van der Waals surface area contributed by atoms with Crippen LogP contribution in [0.25, 0.3) is 0 Å². The van der Waals surface area contributed by atoms with Crippen LogP contribution >= 0.6 is 23.2 Å². The number of carbonyl (C=O) groups excluding carboxylic acids is 1. The summed E-state index contributed by atoms with van der Waals surface area (Å²) >= 11 is 12.2. The van der Waals surface area contributed by atoms with Crippen LogP contribution in [0.3, 0.4) is 0 Å². The first-order valence-electron chi connectivity index (χ1n) is 8.07. The number of carbonyl (C=O) groups is 1. The molecule has 2 aromatic rings. The van der Waals surface area contributed by atoms with Crippen LogP contribution < -0.4 is 9.64 Å². The molecule has 2 aromatic carbocycles. The minimum absolute atomic E-state index is 0.0632. The molecule has 2 amide bonds. The SMILES string of the molecule is COc1ccccc1[C@@H]1N(c2ccc(Cl)c(Cl)c2)C(=O)N2CCCN12. The molecule has 0 aliphatic carbocycles. The van der Waals surface area contributed by atoms with Crippen LogP contribution in [0.5, 0.6) is 5.75 Å². The van der Waals surface area contributed by atoms with Crippen LogP contribution in [0, 0.1) is 0 Å². The van der Waals surface area contributed by atoms with E-state index in [4.69, 9.17) is 27.9 Å². The van der Waals surface area contributed by atoms with Gasteiger partial charge < -0.3 is 4.74 Å². The summed E-state index contributed by atoms with van der Waals surface area (Å²) in [7, 11) is 1.64. The molecule has 1 atom stereocenters. The molecule has 0 radical (unpaired) electrons. The Bertz CT molecular complexity index is 830. The van der Waals surface area contributed by atoms with E-state index in [9.17, 15) is 4.79 Å². The summed E-state index contributed by atoms with van der Waals surface area (Å²) in [6, 6.07) is 13.0. The number of halogens is 2. The van der Waals surface area contributed by atoms with Crippen molar-refractivity contribution in [3.63, 3.8) is 0 Å². The number of anilines is 1. The van der Waals surface area contributed by atoms with Crippen molar-refractivity contribution in [2.45, 2.75) is 12.6 Å². The van der Waals surface area contributed by atoms with Gasteiger partial charge in [-0.1, -0.05) is 41.4 Å². The second-order valence-corrected chi connectivity index (χ2v) is 6.82. The van der Waals surface area contributed by atoms with Crippen LogP contribution in [0.4, 0.5) is 10.5 Å². The number of amides is 2. The Kier molecular flexibility index (Phi) is 4.23. The Morgan fingerprint density at radius 3 is 2.64 bits per heavy atom. The average molecular weight is 378 g/mol. The number of nitrogens with zero attached hydrogens (tertiary/aromatic N) is 3. The highest BCUT2D eigenvalue weighted by atomic mass is 35.5. The van der Waals surface area contributed by atoms with Gasteiger partial charge in [0.1, 0.15) is 11.9 Å². The predicted octanol–water partition coefficient (Wildman–Crippen LogP) is 4.56. The summed E-state index contributed by atoms with van der Waals surface area (Å²) in [4.78, 5) is 14.8. The number of hydrazine groups is 1. The molecular weight excluding hydrogens is 361 g/mol. The van der Waals surface area contributed by atoms with E-state index in [-0.39, 0.29) is 12.2 Å². The van der Waals surface area contributed by atoms with Gasteiger partial charge in [-0.2, -0.15) is 5.01 Å². The van der Waals surface area contributed by atoms with Crippen LogP contribution in [0.15, 0.2) is 42.5 Å². The smallest absolute Gasteiger partial charge is 0.340 e. The van der Waals surface area contributed by atoms with E-state index in [1.54, 1.807) is 29.2 Å². The zero-order valence-corrected chi connectivity index (χ0v) is 15.2. The third-order valence-corrected chi connectivity index (χ3v) is 5.36. The molecule has 130 valence electrons. The third-order valence-electron chi connectivity index (χ3n) is 4.62. The average Bonchev–Trinajstić information content (AvgIpc) is 3.20. The number of methoxy groups -OCH3 is 1. The van der Waals surface area contributed by atoms with Gasteiger partial charge in [0.25, 0.3) is 0 Å². The fraction of sp³-hybridized carbons (Fsp3) is 0.278. The summed E-state index contributed by atoms with van der Waals surface area (Å²) in [5.74, 6) is 0.749. The van der Waals surface area contributed by atoms with Crippen LogP contribution in [0.1, 0.15) is 18.2 Å². The number of hydrogen-bond donors (Lipinski definition) is 0. The quantitative estimate of drug-likeness (QED) is 0.786. The van der Waals surface area contributed by atoms with Crippen molar-refractivity contribution >= 4 is 34.9 Å². The largest absolute Gasteiger partial charge is 0.496 e. The predicted molar refractivity (Wildman–Crippen MR) is 98.1 cm³/mol. The molecule has 2 aliphatic heterocycles. The summed E-state index contributed by atoms with van der Waals surface area (Å²) in [6.45, 7) is 1.52. The molecule has 2 fully saturated rings. The van der Waals surface area contributed by atoms with Gasteiger partial charge in [-0.15, -0.1) is 0 Å². The Labute approximate surface area is 156 Å². The lowest BCUT2D eigenvalue weighted by Gasteiger charge is -2.29. The van der Waals surface area contributed by atoms with Gasteiger partial charge in [-0.3, -0.25) is 9.91 Å². The molecule has 0 unspecified atom stereocenters. The number of benzene rings is 2. The monoisotopic (exact) mass is 377 g/mol. The highest BCUT2D eigenvalue weighted by Gasteiger charge is 2.48. The Hall–Kier alpha value is -1.95. The van der Waals surface area contributed by atoms with Crippen molar-refractivity contribution in [1.29, 1.82) is 0 Å². The van der Waals surface area contributed by atoms with Crippen molar-refractivity contribution in [3.8, 4) is 5.75 Å². The first-order chi connectivity index (χ1) is 12.1. The molecular formula is C18H17Cl2N3O2. The minimum Gasteiger partial charge on any atom is -0.496 e. The zero-order chi connectivity index (χ0) is 17.6. The summed E-state index contributed by atoms with van der Waals surface area (Å²) in [5.41, 5.74) is 1.65. The Morgan fingerprint density at radius 1 is 1.08 bits per heavy atom. The number of ether oxygens (including phenoxy) is 1. The normalized spacial score (nSPS) is 20.3. The highest BCUT2D eigenvalue weighted by molar-refractivity contribution is 6.42. The van der Waals surface area contributed by atoms with E-state index < -0.39 is 0 Å². The maximum absolute atomic E-state index is 13.1. The van der Waals surface area contributed by atoms with E-state index in [1.807, 2.05) is 30.3 Å². The zero-order valence-electron chi connectivity index (χ0n) is 13.7. The van der Waals surface area contributed by atoms with Crippen molar-refractivity contribution < 1.29 is 9.53 Å². The molecule has 7 heteroatoms. The van der Waals surface area contributed by atoms with Crippen molar-refractivity contribution in [2.24, 2.45) is 0 Å². The number of urea groups is 1. The molecule has 0 aromatic heterocycles. The molecule has 2 heterocycles.